The number of hydrogen-bond donors (Lipinski definition) is 1. The molecule has 4 rings (SSSR count). The molecule has 2 aromatic carbocycles. The summed E-state index contributed by atoms with van der Waals surface area (Å²) in [5.41, 5.74) is 2.09. The highest BCUT2D eigenvalue weighted by atomic mass is 19.1. The fourth-order valence-corrected chi connectivity index (χ4v) is 3.97. The van der Waals surface area contributed by atoms with Crippen LogP contribution in [0, 0.1) is 5.82 Å². The van der Waals surface area contributed by atoms with Crippen LogP contribution in [-0.2, 0) is 16.0 Å². The number of likely N-dealkylation sites (N-methyl/N-ethyl adjacent to an activating group) is 1. The quantitative estimate of drug-likeness (QED) is 0.671. The zero-order valence-corrected chi connectivity index (χ0v) is 17.8. The minimum Gasteiger partial charge on any atom is -0.361 e. The molecule has 1 aliphatic rings. The second-order valence-electron chi connectivity index (χ2n) is 7.77. The van der Waals surface area contributed by atoms with Crippen LogP contribution in [0.4, 0.5) is 4.39 Å². The molecule has 6 nitrogen and oxygen atoms in total. The van der Waals surface area contributed by atoms with Gasteiger partial charge < -0.3 is 15.0 Å². The van der Waals surface area contributed by atoms with E-state index >= 15 is 0 Å². The molecule has 1 atom stereocenters. The van der Waals surface area contributed by atoms with Gasteiger partial charge in [0.05, 0.1) is 13.2 Å². The summed E-state index contributed by atoms with van der Waals surface area (Å²) in [5, 5.41) is 2.69. The molecule has 0 bridgehead atoms. The summed E-state index contributed by atoms with van der Waals surface area (Å²) in [6.45, 7) is 0.814. The summed E-state index contributed by atoms with van der Waals surface area (Å²) < 4.78 is 19.2. The Morgan fingerprint density at radius 1 is 1.03 bits per heavy atom. The largest absolute Gasteiger partial charge is 0.361 e. The van der Waals surface area contributed by atoms with Gasteiger partial charge in [-0.2, -0.15) is 0 Å². The van der Waals surface area contributed by atoms with Crippen molar-refractivity contribution in [2.45, 2.75) is 12.0 Å². The van der Waals surface area contributed by atoms with Crippen molar-refractivity contribution in [3.8, 4) is 11.1 Å². The predicted molar refractivity (Wildman–Crippen MR) is 118 cm³/mol. The number of carbonyl (C=O) groups excluding carboxylic acids is 2. The summed E-state index contributed by atoms with van der Waals surface area (Å²) in [4.78, 5) is 31.5. The van der Waals surface area contributed by atoms with Gasteiger partial charge in [-0.1, -0.05) is 36.4 Å². The van der Waals surface area contributed by atoms with Crippen LogP contribution in [0.3, 0.4) is 0 Å². The normalized spacial score (nSPS) is 18.2. The number of carbonyl (C=O) groups is 2. The molecule has 1 aliphatic heterocycles. The number of aromatic nitrogens is 1. The van der Waals surface area contributed by atoms with Gasteiger partial charge in [0.2, 0.25) is 0 Å². The van der Waals surface area contributed by atoms with E-state index in [9.17, 15) is 14.0 Å². The summed E-state index contributed by atoms with van der Waals surface area (Å²) in [6, 6.07) is 17.3. The van der Waals surface area contributed by atoms with E-state index in [0.29, 0.717) is 18.5 Å². The Balaban J connectivity index is 1.56. The summed E-state index contributed by atoms with van der Waals surface area (Å²) in [7, 11) is 1.56. The van der Waals surface area contributed by atoms with Crippen molar-refractivity contribution in [1.82, 2.24) is 15.2 Å². The van der Waals surface area contributed by atoms with Gasteiger partial charge in [-0.3, -0.25) is 14.6 Å². The Kier molecular flexibility index (Phi) is 6.28. The lowest BCUT2D eigenvalue weighted by Crippen LogP contribution is -2.61. The molecule has 3 aromatic rings. The number of hydrogen-bond acceptors (Lipinski definition) is 4. The van der Waals surface area contributed by atoms with Gasteiger partial charge in [0.25, 0.3) is 11.8 Å². The summed E-state index contributed by atoms with van der Waals surface area (Å²) in [5.74, 6) is -0.707. The number of halogens is 1. The van der Waals surface area contributed by atoms with Crippen LogP contribution in [-0.4, -0.2) is 54.0 Å². The van der Waals surface area contributed by atoms with Gasteiger partial charge in [0.1, 0.15) is 5.82 Å². The number of nitrogens with one attached hydrogen (secondary N) is 1. The van der Waals surface area contributed by atoms with Crippen LogP contribution in [0.2, 0.25) is 0 Å². The van der Waals surface area contributed by atoms with E-state index in [4.69, 9.17) is 4.74 Å². The molecule has 0 spiro atoms. The lowest BCUT2D eigenvalue weighted by atomic mass is 9.90. The third kappa shape index (κ3) is 4.53. The van der Waals surface area contributed by atoms with Crippen molar-refractivity contribution in [3.05, 3.63) is 90.0 Å². The van der Waals surface area contributed by atoms with E-state index in [2.05, 4.69) is 10.3 Å². The maximum atomic E-state index is 13.2. The maximum absolute atomic E-state index is 13.2. The predicted octanol–water partition coefficient (Wildman–Crippen LogP) is 3.09. The summed E-state index contributed by atoms with van der Waals surface area (Å²) in [6.07, 6.45) is 3.46. The lowest BCUT2D eigenvalue weighted by molar-refractivity contribution is -0.156. The molecule has 7 heteroatoms. The van der Waals surface area contributed by atoms with E-state index in [1.165, 1.54) is 12.1 Å². The first-order valence-electron chi connectivity index (χ1n) is 10.4. The van der Waals surface area contributed by atoms with Crippen molar-refractivity contribution in [1.29, 1.82) is 0 Å². The molecule has 2 heterocycles. The van der Waals surface area contributed by atoms with Crippen molar-refractivity contribution in [2.24, 2.45) is 0 Å². The number of ether oxygens (including phenoxy) is 1. The third-order valence-electron chi connectivity index (χ3n) is 5.66. The topological polar surface area (TPSA) is 71.5 Å². The lowest BCUT2D eigenvalue weighted by Gasteiger charge is -2.41. The van der Waals surface area contributed by atoms with E-state index in [1.54, 1.807) is 48.6 Å². The SMILES string of the molecule is CNC(=O)[C@@]1(Cc2ccc(-c3ccc(F)cc3)cc2)CN(C(=O)c2ccncc2)CCO1. The molecule has 0 unspecified atom stereocenters. The van der Waals surface area contributed by atoms with Crippen molar-refractivity contribution in [3.63, 3.8) is 0 Å². The van der Waals surface area contributed by atoms with E-state index in [1.807, 2.05) is 24.3 Å². The molecule has 1 N–H and O–H groups in total. The second kappa shape index (κ2) is 9.28. The number of nitrogens with zero attached hydrogens (tertiary/aromatic N) is 2. The Morgan fingerprint density at radius 2 is 1.66 bits per heavy atom. The Labute approximate surface area is 186 Å². The minimum absolute atomic E-state index is 0.146. The molecule has 32 heavy (non-hydrogen) atoms. The number of morpholine rings is 1. The van der Waals surface area contributed by atoms with Gasteiger partial charge in [-0.25, -0.2) is 4.39 Å². The molecule has 1 saturated heterocycles. The number of pyridine rings is 1. The molecule has 1 fully saturated rings. The standard InChI is InChI=1S/C25H24FN3O3/c1-27-24(31)25(17-29(14-15-32-25)23(30)21-10-12-28-13-11-21)16-18-2-4-19(5-3-18)20-6-8-22(26)9-7-20/h2-13H,14-17H2,1H3,(H,27,31)/t25-/m1/s1. The van der Waals surface area contributed by atoms with Crippen LogP contribution in [0.15, 0.2) is 73.1 Å². The Hall–Kier alpha value is -3.58. The minimum atomic E-state index is -1.19. The highest BCUT2D eigenvalue weighted by Gasteiger charge is 2.44. The Bertz CT molecular complexity index is 1090. The second-order valence-corrected chi connectivity index (χ2v) is 7.77. The van der Waals surface area contributed by atoms with Crippen molar-refractivity contribution >= 4 is 11.8 Å². The van der Waals surface area contributed by atoms with Gasteiger partial charge in [0.15, 0.2) is 5.60 Å². The van der Waals surface area contributed by atoms with Gasteiger partial charge in [-0.05, 0) is 41.0 Å². The maximum Gasteiger partial charge on any atom is 0.254 e. The van der Waals surface area contributed by atoms with Crippen LogP contribution in [0.5, 0.6) is 0 Å². The van der Waals surface area contributed by atoms with Crippen LogP contribution >= 0.6 is 0 Å². The number of amides is 2. The fourth-order valence-electron chi connectivity index (χ4n) is 3.97. The smallest absolute Gasteiger partial charge is 0.254 e. The van der Waals surface area contributed by atoms with Gasteiger partial charge in [0, 0.05) is 38.0 Å². The molecule has 0 aliphatic carbocycles. The highest BCUT2D eigenvalue weighted by Crippen LogP contribution is 2.27. The molecule has 2 amide bonds. The monoisotopic (exact) mass is 433 g/mol. The zero-order chi connectivity index (χ0) is 22.6. The zero-order valence-electron chi connectivity index (χ0n) is 17.8. The van der Waals surface area contributed by atoms with Gasteiger partial charge >= 0.3 is 0 Å². The molecule has 0 radical (unpaired) electrons. The van der Waals surface area contributed by atoms with Crippen molar-refractivity contribution < 1.29 is 18.7 Å². The fraction of sp³-hybridized carbons (Fsp3) is 0.240. The molecule has 164 valence electrons. The average Bonchev–Trinajstić information content (AvgIpc) is 2.85. The molecular weight excluding hydrogens is 409 g/mol. The molecular formula is C25H24FN3O3. The third-order valence-corrected chi connectivity index (χ3v) is 5.66. The average molecular weight is 433 g/mol. The van der Waals surface area contributed by atoms with Crippen LogP contribution in [0.25, 0.3) is 11.1 Å². The van der Waals surface area contributed by atoms with E-state index in [0.717, 1.165) is 16.7 Å². The number of benzene rings is 2. The number of rotatable bonds is 5. The van der Waals surface area contributed by atoms with Crippen LogP contribution < -0.4 is 5.32 Å². The molecule has 1 aromatic heterocycles. The van der Waals surface area contributed by atoms with Crippen LogP contribution in [0.1, 0.15) is 15.9 Å². The first-order chi connectivity index (χ1) is 15.5. The highest BCUT2D eigenvalue weighted by molar-refractivity contribution is 5.95. The first kappa shape index (κ1) is 21.6. The first-order valence-corrected chi connectivity index (χ1v) is 10.4. The summed E-state index contributed by atoms with van der Waals surface area (Å²) >= 11 is 0. The van der Waals surface area contributed by atoms with Gasteiger partial charge in [-0.15, -0.1) is 0 Å². The van der Waals surface area contributed by atoms with E-state index in [-0.39, 0.29) is 30.8 Å². The van der Waals surface area contributed by atoms with E-state index < -0.39 is 5.60 Å². The Morgan fingerprint density at radius 3 is 2.28 bits per heavy atom. The molecule has 0 saturated carbocycles. The van der Waals surface area contributed by atoms with Crippen molar-refractivity contribution in [2.75, 3.05) is 26.7 Å².